The molecule has 4 heteroatoms. The van der Waals surface area contributed by atoms with Crippen LogP contribution in [0.2, 0.25) is 0 Å². The zero-order valence-electron chi connectivity index (χ0n) is 19.6. The first-order chi connectivity index (χ1) is 16.7. The fourth-order valence-corrected chi connectivity index (χ4v) is 7.43. The van der Waals surface area contributed by atoms with Gasteiger partial charge in [0.15, 0.2) is 0 Å². The first kappa shape index (κ1) is 20.4. The largest absolute Gasteiger partial charge is 0.373 e. The van der Waals surface area contributed by atoms with Gasteiger partial charge in [0.2, 0.25) is 0 Å². The third-order valence-electron chi connectivity index (χ3n) is 8.50. The van der Waals surface area contributed by atoms with Gasteiger partial charge < -0.3 is 9.64 Å². The minimum Gasteiger partial charge on any atom is -0.373 e. The summed E-state index contributed by atoms with van der Waals surface area (Å²) < 4.78 is 6.82. The van der Waals surface area contributed by atoms with Crippen molar-refractivity contribution in [2.75, 3.05) is 18.1 Å². The van der Waals surface area contributed by atoms with Crippen molar-refractivity contribution < 1.29 is 4.74 Å². The lowest BCUT2D eigenvalue weighted by molar-refractivity contribution is -0.160. The predicted octanol–water partition coefficient (Wildman–Crippen LogP) is 6.91. The van der Waals surface area contributed by atoms with Crippen LogP contribution in [0.4, 0.5) is 11.4 Å². The van der Waals surface area contributed by atoms with E-state index >= 15 is 0 Å². The molecule has 2 heterocycles. The van der Waals surface area contributed by atoms with Gasteiger partial charge in [0.25, 0.3) is 0 Å². The molecule has 0 saturated heterocycles. The Morgan fingerprint density at radius 2 is 1.26 bits per heavy atom. The van der Waals surface area contributed by atoms with E-state index in [2.05, 4.69) is 63.4 Å². The second-order valence-electron chi connectivity index (χ2n) is 10.9. The maximum absolute atomic E-state index is 6.82. The molecule has 4 nitrogen and oxygen atoms in total. The van der Waals surface area contributed by atoms with E-state index in [-0.39, 0.29) is 5.60 Å². The van der Waals surface area contributed by atoms with Crippen LogP contribution < -0.4 is 4.90 Å². The van der Waals surface area contributed by atoms with Crippen molar-refractivity contribution in [1.29, 1.82) is 0 Å². The molecule has 8 rings (SSSR count). The van der Waals surface area contributed by atoms with Gasteiger partial charge in [-0.25, -0.2) is 0 Å². The Hall–Kier alpha value is -2.98. The van der Waals surface area contributed by atoms with E-state index in [1.54, 1.807) is 0 Å². The molecule has 4 bridgehead atoms. The fraction of sp³-hybridized carbons (Fsp3) is 0.400. The van der Waals surface area contributed by atoms with Crippen molar-refractivity contribution in [3.05, 3.63) is 73.1 Å². The third kappa shape index (κ3) is 3.65. The van der Waals surface area contributed by atoms with Crippen LogP contribution in [0.15, 0.2) is 73.1 Å². The molecule has 2 aromatic heterocycles. The molecule has 0 aliphatic heterocycles. The minimum atomic E-state index is 0.140. The molecule has 0 atom stereocenters. The molecular weight excluding hydrogens is 418 g/mol. The number of ether oxygens (including phenoxy) is 1. The Morgan fingerprint density at radius 3 is 1.79 bits per heavy atom. The highest BCUT2D eigenvalue weighted by molar-refractivity contribution is 5.87. The summed E-state index contributed by atoms with van der Waals surface area (Å²) >= 11 is 0. The number of benzene rings is 2. The van der Waals surface area contributed by atoms with Gasteiger partial charge in [-0.15, -0.1) is 0 Å². The molecule has 34 heavy (non-hydrogen) atoms. The number of fused-ring (bicyclic) bond motifs is 2. The lowest BCUT2D eigenvalue weighted by Gasteiger charge is -2.56. The Labute approximate surface area is 201 Å². The van der Waals surface area contributed by atoms with Gasteiger partial charge in [0, 0.05) is 41.1 Å². The molecule has 4 aliphatic rings. The van der Waals surface area contributed by atoms with Gasteiger partial charge in [-0.1, -0.05) is 12.1 Å². The quantitative estimate of drug-likeness (QED) is 0.321. The highest BCUT2D eigenvalue weighted by Crippen LogP contribution is 2.57. The lowest BCUT2D eigenvalue weighted by atomic mass is 9.54. The second-order valence-corrected chi connectivity index (χ2v) is 10.9. The zero-order chi connectivity index (χ0) is 22.5. The summed E-state index contributed by atoms with van der Waals surface area (Å²) in [5.41, 5.74) is 4.55. The fourth-order valence-electron chi connectivity index (χ4n) is 7.43. The molecule has 2 aromatic carbocycles. The smallest absolute Gasteiger partial charge is 0.0703 e. The molecule has 4 aliphatic carbocycles. The highest BCUT2D eigenvalue weighted by atomic mass is 16.5. The molecule has 0 spiro atoms. The monoisotopic (exact) mass is 449 g/mol. The van der Waals surface area contributed by atoms with Gasteiger partial charge in [-0.2, -0.15) is 0 Å². The van der Waals surface area contributed by atoms with E-state index in [1.165, 1.54) is 49.9 Å². The Balaban J connectivity index is 1.19. The number of nitrogens with zero attached hydrogens (tertiary/aromatic N) is 3. The molecule has 4 fully saturated rings. The average Bonchev–Trinajstić information content (AvgIpc) is 2.85. The summed E-state index contributed by atoms with van der Waals surface area (Å²) in [5, 5.41) is 2.32. The number of rotatable bonds is 6. The second kappa shape index (κ2) is 8.06. The molecule has 0 unspecified atom stereocenters. The first-order valence-corrected chi connectivity index (χ1v) is 12.8. The van der Waals surface area contributed by atoms with Gasteiger partial charge in [0.1, 0.15) is 0 Å². The SMILES string of the molecule is c1cnc2ccc(N(CCOC34CC5CC(CC(C5)C3)C4)c3ccc4ncccc4c3)cc2c1. The van der Waals surface area contributed by atoms with E-state index < -0.39 is 0 Å². The maximum Gasteiger partial charge on any atom is 0.0703 e. The van der Waals surface area contributed by atoms with Gasteiger partial charge in [-0.05, 0) is 105 Å². The molecule has 4 aromatic rings. The lowest BCUT2D eigenvalue weighted by Crippen LogP contribution is -2.52. The van der Waals surface area contributed by atoms with Gasteiger partial charge in [-0.3, -0.25) is 9.97 Å². The molecule has 0 radical (unpaired) electrons. The van der Waals surface area contributed by atoms with Crippen LogP contribution in [0.25, 0.3) is 21.8 Å². The molecule has 0 amide bonds. The Morgan fingerprint density at radius 1 is 0.735 bits per heavy atom. The van der Waals surface area contributed by atoms with Crippen molar-refractivity contribution in [3.63, 3.8) is 0 Å². The summed E-state index contributed by atoms with van der Waals surface area (Å²) in [6.45, 7) is 1.58. The number of anilines is 2. The third-order valence-corrected chi connectivity index (χ3v) is 8.50. The molecular formula is C30H31N3O. The molecule has 4 saturated carbocycles. The van der Waals surface area contributed by atoms with Crippen LogP contribution in [0.3, 0.4) is 0 Å². The number of pyridine rings is 2. The summed E-state index contributed by atoms with van der Waals surface area (Å²) in [6, 6.07) is 21.4. The maximum atomic E-state index is 6.82. The van der Waals surface area contributed by atoms with Crippen LogP contribution in [-0.2, 0) is 4.74 Å². The summed E-state index contributed by atoms with van der Waals surface area (Å²) in [6.07, 6.45) is 11.9. The first-order valence-electron chi connectivity index (χ1n) is 12.8. The summed E-state index contributed by atoms with van der Waals surface area (Å²) in [7, 11) is 0. The Kier molecular flexibility index (Phi) is 4.83. The van der Waals surface area contributed by atoms with Crippen LogP contribution in [0, 0.1) is 17.8 Å². The topological polar surface area (TPSA) is 38.2 Å². The van der Waals surface area contributed by atoms with E-state index in [9.17, 15) is 0 Å². The van der Waals surface area contributed by atoms with E-state index in [4.69, 9.17) is 4.74 Å². The van der Waals surface area contributed by atoms with Gasteiger partial charge in [0.05, 0.1) is 23.2 Å². The van der Waals surface area contributed by atoms with E-state index in [1.807, 2.05) is 24.5 Å². The standard InChI is InChI=1S/C30H31N3O/c1-3-24-16-26(5-7-28(24)31-9-1)33(27-6-8-29-25(17-27)4-2-10-32-29)11-12-34-30-18-21-13-22(19-30)15-23(14-21)20-30/h1-10,16-17,21-23H,11-15,18-20H2. The van der Waals surface area contributed by atoms with Crippen LogP contribution in [-0.4, -0.2) is 28.7 Å². The van der Waals surface area contributed by atoms with Gasteiger partial charge >= 0.3 is 0 Å². The van der Waals surface area contributed by atoms with Crippen LogP contribution in [0.5, 0.6) is 0 Å². The summed E-state index contributed by atoms with van der Waals surface area (Å²) in [4.78, 5) is 11.4. The number of hydrogen-bond donors (Lipinski definition) is 0. The van der Waals surface area contributed by atoms with E-state index in [0.29, 0.717) is 0 Å². The number of hydrogen-bond acceptors (Lipinski definition) is 4. The molecule has 0 N–H and O–H groups in total. The summed E-state index contributed by atoms with van der Waals surface area (Å²) in [5.74, 6) is 2.72. The Bertz CT molecular complexity index is 1230. The highest BCUT2D eigenvalue weighted by Gasteiger charge is 2.51. The number of aromatic nitrogens is 2. The average molecular weight is 450 g/mol. The van der Waals surface area contributed by atoms with E-state index in [0.717, 1.165) is 52.7 Å². The predicted molar refractivity (Wildman–Crippen MR) is 137 cm³/mol. The minimum absolute atomic E-state index is 0.140. The van der Waals surface area contributed by atoms with Crippen LogP contribution >= 0.6 is 0 Å². The van der Waals surface area contributed by atoms with Crippen LogP contribution in [0.1, 0.15) is 38.5 Å². The van der Waals surface area contributed by atoms with Crippen molar-refractivity contribution in [1.82, 2.24) is 9.97 Å². The van der Waals surface area contributed by atoms with Crippen molar-refractivity contribution in [3.8, 4) is 0 Å². The van der Waals surface area contributed by atoms with Crippen molar-refractivity contribution in [2.45, 2.75) is 44.1 Å². The van der Waals surface area contributed by atoms with Crippen molar-refractivity contribution >= 4 is 33.2 Å². The normalized spacial score (nSPS) is 27.5. The zero-order valence-corrected chi connectivity index (χ0v) is 19.6. The molecule has 172 valence electrons. The van der Waals surface area contributed by atoms with Crippen molar-refractivity contribution in [2.24, 2.45) is 17.8 Å².